The first-order chi connectivity index (χ1) is 9.49. The first-order valence-corrected chi connectivity index (χ1v) is 7.47. The number of hydrogen-bond acceptors (Lipinski definition) is 6. The molecular weight excluding hydrogens is 398 g/mol. The molecule has 1 N–H and O–H groups in total. The first kappa shape index (κ1) is 16.4. The molecule has 0 bridgehead atoms. The lowest BCUT2D eigenvalue weighted by molar-refractivity contribution is -0.384. The maximum Gasteiger partial charge on any atom is 0.269 e. The van der Waals surface area contributed by atoms with Crippen LogP contribution in [0.4, 0.5) is 11.4 Å². The number of aliphatic hydroxyl groups excluding tert-OH is 1. The number of benzene rings is 1. The van der Waals surface area contributed by atoms with Crippen LogP contribution in [0.1, 0.15) is 0 Å². The fraction of sp³-hybridized carbons (Fsp3) is 0.182. The number of carbonyl (C=O) groups is 1. The van der Waals surface area contributed by atoms with E-state index in [2.05, 4.69) is 42.1 Å². The van der Waals surface area contributed by atoms with Gasteiger partial charge in [-0.15, -0.1) is 5.11 Å². The molecule has 0 aliphatic carbocycles. The average Bonchev–Trinajstić information content (AvgIpc) is 2.47. The van der Waals surface area contributed by atoms with Crippen LogP contribution in [0.3, 0.4) is 0 Å². The monoisotopic (exact) mass is 405 g/mol. The van der Waals surface area contributed by atoms with Crippen LogP contribution in [0, 0.1) is 10.1 Å². The number of aliphatic hydroxyl groups is 1. The van der Waals surface area contributed by atoms with E-state index in [0.29, 0.717) is 5.69 Å². The summed E-state index contributed by atoms with van der Waals surface area (Å²) < 4.78 is 0. The Hall–Kier alpha value is -1.61. The number of rotatable bonds is 6. The van der Waals surface area contributed by atoms with Crippen LogP contribution in [0.15, 0.2) is 46.0 Å². The normalized spacial score (nSPS) is 12.3. The minimum absolute atomic E-state index is 0.00131. The molecule has 0 unspecified atom stereocenters. The quantitative estimate of drug-likeness (QED) is 0.193. The molecule has 1 aromatic rings. The fourth-order valence-electron chi connectivity index (χ4n) is 1.15. The van der Waals surface area contributed by atoms with Gasteiger partial charge in [0.2, 0.25) is 0 Å². The molecule has 9 heteroatoms. The van der Waals surface area contributed by atoms with E-state index in [9.17, 15) is 20.0 Å². The van der Waals surface area contributed by atoms with Crippen molar-refractivity contribution in [3.05, 3.63) is 45.8 Å². The Morgan fingerprint density at radius 2 is 1.85 bits per heavy atom. The molecule has 0 amide bonds. The maximum absolute atomic E-state index is 11.5. The van der Waals surface area contributed by atoms with E-state index in [1.165, 1.54) is 24.3 Å². The van der Waals surface area contributed by atoms with Gasteiger partial charge in [0.15, 0.2) is 11.5 Å². The summed E-state index contributed by atoms with van der Waals surface area (Å²) in [6.07, 6.45) is 0. The van der Waals surface area contributed by atoms with Crippen molar-refractivity contribution in [2.45, 2.75) is 0 Å². The average molecular weight is 407 g/mol. The number of azo groups is 1. The molecule has 0 radical (unpaired) electrons. The van der Waals surface area contributed by atoms with Gasteiger partial charge >= 0.3 is 0 Å². The number of halogens is 2. The Morgan fingerprint density at radius 1 is 1.25 bits per heavy atom. The lowest BCUT2D eigenvalue weighted by Crippen LogP contribution is -2.05. The number of alkyl halides is 2. The summed E-state index contributed by atoms with van der Waals surface area (Å²) in [5.41, 5.74) is 0.0921. The predicted octanol–water partition coefficient (Wildman–Crippen LogP) is 3.81. The number of ketones is 1. The summed E-state index contributed by atoms with van der Waals surface area (Å²) in [6.45, 7) is 0. The van der Waals surface area contributed by atoms with Crippen LogP contribution in [0.25, 0.3) is 0 Å². The number of carbonyl (C=O) groups excluding carboxylic acids is 1. The van der Waals surface area contributed by atoms with Gasteiger partial charge < -0.3 is 5.11 Å². The zero-order chi connectivity index (χ0) is 15.1. The van der Waals surface area contributed by atoms with Gasteiger partial charge in [0.25, 0.3) is 5.69 Å². The summed E-state index contributed by atoms with van der Waals surface area (Å²) >= 11 is 5.99. The van der Waals surface area contributed by atoms with E-state index in [1.54, 1.807) is 0 Å². The van der Waals surface area contributed by atoms with Gasteiger partial charge in [-0.3, -0.25) is 14.9 Å². The highest BCUT2D eigenvalue weighted by molar-refractivity contribution is 9.09. The third-order valence-electron chi connectivity index (χ3n) is 2.11. The van der Waals surface area contributed by atoms with E-state index >= 15 is 0 Å². The van der Waals surface area contributed by atoms with Crippen LogP contribution < -0.4 is 0 Å². The zero-order valence-electron chi connectivity index (χ0n) is 9.99. The second kappa shape index (κ2) is 7.85. The molecule has 0 saturated heterocycles. The van der Waals surface area contributed by atoms with Gasteiger partial charge in [-0.25, -0.2) is 0 Å². The van der Waals surface area contributed by atoms with Gasteiger partial charge in [0.05, 0.1) is 21.3 Å². The fourth-order valence-corrected chi connectivity index (χ4v) is 1.68. The number of nitrogens with zero attached hydrogens (tertiary/aromatic N) is 3. The van der Waals surface area contributed by atoms with Crippen molar-refractivity contribution in [1.82, 2.24) is 0 Å². The predicted molar refractivity (Wildman–Crippen MR) is 79.9 cm³/mol. The second-order valence-electron chi connectivity index (χ2n) is 3.46. The van der Waals surface area contributed by atoms with Crippen LogP contribution >= 0.6 is 31.9 Å². The van der Waals surface area contributed by atoms with E-state index in [-0.39, 0.29) is 27.8 Å². The Balaban J connectivity index is 2.99. The molecule has 106 valence electrons. The van der Waals surface area contributed by atoms with Crippen molar-refractivity contribution in [2.75, 3.05) is 10.7 Å². The van der Waals surface area contributed by atoms with Crippen LogP contribution in [0.2, 0.25) is 0 Å². The van der Waals surface area contributed by atoms with E-state index in [1.807, 2.05) is 0 Å². The molecule has 0 heterocycles. The molecule has 0 saturated carbocycles. The Kier molecular flexibility index (Phi) is 6.46. The van der Waals surface area contributed by atoms with Crippen molar-refractivity contribution in [2.24, 2.45) is 10.2 Å². The molecule has 20 heavy (non-hydrogen) atoms. The summed E-state index contributed by atoms with van der Waals surface area (Å²) in [5, 5.41) is 27.6. The SMILES string of the molecule is O=C(CBr)/C(N=Nc1ccc([N+](=O)[O-])cc1)=C(/O)CBr. The Bertz CT molecular complexity index is 570. The molecule has 0 fully saturated rings. The number of nitro groups is 1. The van der Waals surface area contributed by atoms with Crippen LogP contribution in [0.5, 0.6) is 0 Å². The molecule has 1 rings (SSSR count). The lowest BCUT2D eigenvalue weighted by Gasteiger charge is -2.00. The smallest absolute Gasteiger partial charge is 0.269 e. The zero-order valence-corrected chi connectivity index (χ0v) is 13.2. The molecule has 0 aliphatic rings. The van der Waals surface area contributed by atoms with E-state index in [4.69, 9.17) is 0 Å². The number of non-ortho nitro benzene ring substituents is 1. The number of Topliss-reactive ketones (excluding diaryl/α,β-unsaturated/α-hetero) is 1. The van der Waals surface area contributed by atoms with Crippen molar-refractivity contribution in [1.29, 1.82) is 0 Å². The molecule has 7 nitrogen and oxygen atoms in total. The second-order valence-corrected chi connectivity index (χ2v) is 4.58. The van der Waals surface area contributed by atoms with Crippen LogP contribution in [-0.4, -0.2) is 26.5 Å². The molecule has 1 aromatic carbocycles. The van der Waals surface area contributed by atoms with Crippen molar-refractivity contribution in [3.8, 4) is 0 Å². The van der Waals surface area contributed by atoms with Crippen molar-refractivity contribution >= 4 is 49.0 Å². The maximum atomic E-state index is 11.5. The highest BCUT2D eigenvalue weighted by atomic mass is 79.9. The topological polar surface area (TPSA) is 105 Å². The van der Waals surface area contributed by atoms with Crippen molar-refractivity contribution < 1.29 is 14.8 Å². The van der Waals surface area contributed by atoms with Crippen molar-refractivity contribution in [3.63, 3.8) is 0 Å². The number of hydrogen-bond donors (Lipinski definition) is 1. The molecular formula is C11H9Br2N3O4. The molecule has 0 aliphatic heterocycles. The summed E-state index contributed by atoms with van der Waals surface area (Å²) in [4.78, 5) is 21.5. The summed E-state index contributed by atoms with van der Waals surface area (Å²) in [5.74, 6) is -0.660. The van der Waals surface area contributed by atoms with Gasteiger partial charge in [0.1, 0.15) is 5.76 Å². The third-order valence-corrected chi connectivity index (χ3v) is 3.15. The minimum Gasteiger partial charge on any atom is -0.509 e. The summed E-state index contributed by atoms with van der Waals surface area (Å²) in [7, 11) is 0. The van der Waals surface area contributed by atoms with E-state index < -0.39 is 10.7 Å². The number of nitro benzene ring substituents is 1. The summed E-state index contributed by atoms with van der Waals surface area (Å²) in [6, 6.07) is 5.33. The highest BCUT2D eigenvalue weighted by Gasteiger charge is 2.13. The number of allylic oxidation sites excluding steroid dienone is 2. The standard InChI is InChI=1S/C11H9Br2N3O4/c12-5-9(17)11(10(18)6-13)15-14-7-1-3-8(4-2-7)16(19)20/h1-4,17H,5-6H2/b11-9-,15-14?. The largest absolute Gasteiger partial charge is 0.509 e. The highest BCUT2D eigenvalue weighted by Crippen LogP contribution is 2.20. The van der Waals surface area contributed by atoms with Gasteiger partial charge in [0, 0.05) is 12.1 Å². The minimum atomic E-state index is -0.530. The first-order valence-electron chi connectivity index (χ1n) is 5.23. The van der Waals surface area contributed by atoms with Crippen LogP contribution in [-0.2, 0) is 4.79 Å². The van der Waals surface area contributed by atoms with Gasteiger partial charge in [-0.1, -0.05) is 31.9 Å². The van der Waals surface area contributed by atoms with E-state index in [0.717, 1.165) is 0 Å². The molecule has 0 atom stereocenters. The molecule has 0 spiro atoms. The molecule has 0 aromatic heterocycles. The lowest BCUT2D eigenvalue weighted by atomic mass is 10.3. The Labute approximate surface area is 130 Å². The third kappa shape index (κ3) is 4.49. The van der Waals surface area contributed by atoms with Gasteiger partial charge in [-0.2, -0.15) is 5.11 Å². The Morgan fingerprint density at radius 3 is 2.30 bits per heavy atom. The van der Waals surface area contributed by atoms with Gasteiger partial charge in [-0.05, 0) is 12.1 Å².